The van der Waals surface area contributed by atoms with E-state index in [1.807, 2.05) is 0 Å². The van der Waals surface area contributed by atoms with Crippen LogP contribution in [0.4, 0.5) is 0 Å². The van der Waals surface area contributed by atoms with Crippen LogP contribution in [0.3, 0.4) is 0 Å². The van der Waals surface area contributed by atoms with Crippen molar-refractivity contribution in [3.63, 3.8) is 0 Å². The van der Waals surface area contributed by atoms with Crippen LogP contribution in [0.1, 0.15) is 0 Å². The Bertz CT molecular complexity index is 229. The van der Waals surface area contributed by atoms with Crippen molar-refractivity contribution < 1.29 is 4.79 Å². The van der Waals surface area contributed by atoms with Gasteiger partial charge >= 0.3 is 0 Å². The molecule has 0 aromatic rings. The van der Waals surface area contributed by atoms with E-state index in [1.165, 1.54) is 0 Å². The quantitative estimate of drug-likeness (QED) is 0.589. The summed E-state index contributed by atoms with van der Waals surface area (Å²) in [6, 6.07) is 0. The first kappa shape index (κ1) is 11.9. The molecule has 1 aliphatic rings. The summed E-state index contributed by atoms with van der Waals surface area (Å²) >= 11 is 29.2. The molecule has 0 saturated heterocycles. The van der Waals surface area contributed by atoms with Crippen LogP contribution in [0, 0.1) is 0 Å². The summed E-state index contributed by atoms with van der Waals surface area (Å²) in [6.45, 7) is 0. The average molecular weight is 380 g/mol. The van der Waals surface area contributed by atoms with E-state index in [0.717, 1.165) is 0 Å². The molecule has 0 aromatic carbocycles. The molecule has 0 radical (unpaired) electrons. The van der Waals surface area contributed by atoms with Gasteiger partial charge in [0.15, 0.2) is 13.4 Å². The number of Topliss-reactive ketones (excluding diaryl/α,β-unsaturated/α-hetero) is 1. The van der Waals surface area contributed by atoms with Crippen molar-refractivity contribution in [2.24, 2.45) is 0 Å². The molecule has 70 valence electrons. The van der Waals surface area contributed by atoms with Gasteiger partial charge in [0.25, 0.3) is 0 Å². The van der Waals surface area contributed by atoms with Crippen LogP contribution in [0.15, 0.2) is 0 Å². The molecule has 0 aromatic heterocycles. The zero-order valence-corrected chi connectivity index (χ0v) is 11.5. The van der Waals surface area contributed by atoms with Gasteiger partial charge < -0.3 is 0 Å². The zero-order chi connectivity index (χ0) is 9.73. The molecule has 1 fully saturated rings. The number of ketones is 1. The first-order chi connectivity index (χ1) is 5.23. The molecular weight excluding hydrogens is 378 g/mol. The Morgan fingerprint density at radius 3 is 1.75 bits per heavy atom. The largest absolute Gasteiger partial charge is 0.295 e. The lowest BCUT2D eigenvalue weighted by molar-refractivity contribution is -0.117. The van der Waals surface area contributed by atoms with E-state index in [9.17, 15) is 4.79 Å². The minimum absolute atomic E-state index is 0.433. The minimum atomic E-state index is -1.44. The molecule has 0 amide bonds. The van der Waals surface area contributed by atoms with Crippen molar-refractivity contribution in [3.05, 3.63) is 0 Å². The van der Waals surface area contributed by atoms with Crippen LogP contribution in [0.5, 0.6) is 0 Å². The van der Waals surface area contributed by atoms with Crippen molar-refractivity contribution >= 4 is 84.0 Å². The molecule has 0 bridgehead atoms. The second-order valence-corrected chi connectivity index (χ2v) is 7.82. The van der Waals surface area contributed by atoms with Gasteiger partial charge in [-0.2, -0.15) is 0 Å². The number of carbonyl (C=O) groups is 1. The Labute approximate surface area is 106 Å². The van der Waals surface area contributed by atoms with Crippen LogP contribution in [0.25, 0.3) is 0 Å². The lowest BCUT2D eigenvalue weighted by Gasteiger charge is -2.25. The van der Waals surface area contributed by atoms with Gasteiger partial charge in [-0.1, -0.05) is 43.5 Å². The third-order valence-electron chi connectivity index (χ3n) is 1.58. The maximum Gasteiger partial charge on any atom is 0.189 e. The normalized spacial score (nSPS) is 54.7. The summed E-state index contributed by atoms with van der Waals surface area (Å²) in [7, 11) is 0. The summed E-state index contributed by atoms with van der Waals surface area (Å²) in [5.41, 5.74) is 0. The van der Waals surface area contributed by atoms with E-state index in [-0.39, 0.29) is 0 Å². The Hall–Kier alpha value is 1.79. The summed E-state index contributed by atoms with van der Waals surface area (Å²) in [5, 5.41) is -1.65. The number of carbonyl (C=O) groups excluding carboxylic acids is 1. The summed E-state index contributed by atoms with van der Waals surface area (Å²) in [4.78, 5) is 11.3. The first-order valence-electron chi connectivity index (χ1n) is 2.81. The third kappa shape index (κ3) is 1.45. The van der Waals surface area contributed by atoms with Crippen LogP contribution in [-0.2, 0) is 4.79 Å². The predicted octanol–water partition coefficient (Wildman–Crippen LogP) is 3.44. The van der Waals surface area contributed by atoms with E-state index < -0.39 is 24.1 Å². The fraction of sp³-hybridized carbons (Fsp3) is 0.800. The molecule has 1 aliphatic carbocycles. The molecule has 0 heterocycles. The fourth-order valence-corrected chi connectivity index (χ4v) is 3.46. The van der Waals surface area contributed by atoms with Gasteiger partial charge in [0, 0.05) is 0 Å². The molecule has 0 aliphatic heterocycles. The highest BCUT2D eigenvalue weighted by Crippen LogP contribution is 2.57. The van der Waals surface area contributed by atoms with Gasteiger partial charge in [0.2, 0.25) is 0 Å². The van der Waals surface area contributed by atoms with Crippen molar-refractivity contribution in [3.8, 4) is 0 Å². The summed E-state index contributed by atoms with van der Waals surface area (Å²) < 4.78 is -2.70. The fourth-order valence-electron chi connectivity index (χ4n) is 0.827. The van der Waals surface area contributed by atoms with E-state index in [1.54, 1.807) is 0 Å². The van der Waals surface area contributed by atoms with Crippen LogP contribution >= 0.6 is 78.3 Å². The van der Waals surface area contributed by atoms with Gasteiger partial charge in [-0.05, 0) is 0 Å². The Balaban J connectivity index is 3.14. The molecule has 7 heteroatoms. The molecular formula is C5H2Br2Cl4O. The lowest BCUT2D eigenvalue weighted by atomic mass is 10.3. The van der Waals surface area contributed by atoms with E-state index in [2.05, 4.69) is 31.9 Å². The highest BCUT2D eigenvalue weighted by Gasteiger charge is 2.66. The molecule has 1 saturated carbocycles. The van der Waals surface area contributed by atoms with E-state index >= 15 is 0 Å². The highest BCUT2D eigenvalue weighted by molar-refractivity contribution is 9.13. The van der Waals surface area contributed by atoms with Crippen LogP contribution in [0.2, 0.25) is 0 Å². The smallest absolute Gasteiger partial charge is 0.189 e. The van der Waals surface area contributed by atoms with Gasteiger partial charge in [-0.25, -0.2) is 0 Å². The maximum absolute atomic E-state index is 11.3. The average Bonchev–Trinajstić information content (AvgIpc) is 2.05. The number of rotatable bonds is 0. The van der Waals surface area contributed by atoms with Crippen molar-refractivity contribution in [2.75, 3.05) is 0 Å². The van der Waals surface area contributed by atoms with Crippen molar-refractivity contribution in [1.29, 1.82) is 0 Å². The second kappa shape index (κ2) is 3.42. The van der Waals surface area contributed by atoms with Gasteiger partial charge in [0.1, 0.15) is 5.38 Å². The molecule has 4 atom stereocenters. The van der Waals surface area contributed by atoms with E-state index in [0.29, 0.717) is 0 Å². The molecule has 0 N–H and O–H groups in total. The standard InChI is InChI=1S/C5H2Br2Cl4O/c6-4(10)2(9)1(8)3(12)5(4,7)11/h1-2H. The molecule has 12 heavy (non-hydrogen) atoms. The minimum Gasteiger partial charge on any atom is -0.295 e. The third-order valence-corrected chi connectivity index (χ3v) is 7.31. The van der Waals surface area contributed by atoms with Gasteiger partial charge in [0.05, 0.1) is 5.38 Å². The number of halogens is 6. The monoisotopic (exact) mass is 376 g/mol. The molecule has 0 spiro atoms. The van der Waals surface area contributed by atoms with Crippen LogP contribution < -0.4 is 0 Å². The maximum atomic E-state index is 11.3. The topological polar surface area (TPSA) is 17.1 Å². The Kier molecular flexibility index (Phi) is 3.38. The summed E-state index contributed by atoms with van der Waals surface area (Å²) in [6.07, 6.45) is 0. The number of alkyl halides is 6. The highest BCUT2D eigenvalue weighted by atomic mass is 79.9. The molecule has 1 nitrogen and oxygen atoms in total. The lowest BCUT2D eigenvalue weighted by Crippen LogP contribution is -2.38. The SMILES string of the molecule is O=C1C(Cl)C(Cl)C(Cl)(Br)C1(Cl)Br. The Morgan fingerprint density at radius 2 is 1.67 bits per heavy atom. The van der Waals surface area contributed by atoms with Gasteiger partial charge in [-0.15, -0.1) is 34.8 Å². The Morgan fingerprint density at radius 1 is 1.25 bits per heavy atom. The molecule has 4 unspecified atom stereocenters. The number of hydrogen-bond acceptors (Lipinski definition) is 1. The van der Waals surface area contributed by atoms with Crippen molar-refractivity contribution in [1.82, 2.24) is 0 Å². The number of hydrogen-bond donors (Lipinski definition) is 0. The first-order valence-corrected chi connectivity index (χ1v) is 6.02. The molecule has 1 rings (SSSR count). The zero-order valence-electron chi connectivity index (χ0n) is 5.33. The second-order valence-electron chi connectivity index (χ2n) is 2.37. The van der Waals surface area contributed by atoms with Crippen molar-refractivity contribution in [2.45, 2.75) is 18.3 Å². The van der Waals surface area contributed by atoms with E-state index in [4.69, 9.17) is 46.4 Å². The van der Waals surface area contributed by atoms with Crippen LogP contribution in [-0.4, -0.2) is 24.1 Å². The predicted molar refractivity (Wildman–Crippen MR) is 59.3 cm³/mol. The summed E-state index contributed by atoms with van der Waals surface area (Å²) in [5.74, 6) is -0.433. The van der Waals surface area contributed by atoms with Gasteiger partial charge in [-0.3, -0.25) is 4.79 Å².